The van der Waals surface area contributed by atoms with Gasteiger partial charge in [0.15, 0.2) is 11.5 Å². The van der Waals surface area contributed by atoms with Crippen molar-refractivity contribution in [3.8, 4) is 11.5 Å². The maximum atomic E-state index is 13.7. The number of allylic oxidation sites excluding steroid dienone is 1. The number of aromatic nitrogens is 3. The molecular formula is C29H27Cl2N5O3. The van der Waals surface area contributed by atoms with Gasteiger partial charge in [0.1, 0.15) is 19.0 Å². The summed E-state index contributed by atoms with van der Waals surface area (Å²) in [7, 11) is 0. The zero-order chi connectivity index (χ0) is 27.5. The molecule has 1 amide bonds. The Balaban J connectivity index is 1.49. The largest absolute Gasteiger partial charge is 0.490 e. The number of amides is 1. The van der Waals surface area contributed by atoms with Gasteiger partial charge >= 0.3 is 0 Å². The number of hydrogen-bond acceptors (Lipinski definition) is 6. The Hall–Kier alpha value is -4.01. The third-order valence-corrected chi connectivity index (χ3v) is 7.13. The highest BCUT2D eigenvalue weighted by molar-refractivity contribution is 6.42. The highest BCUT2D eigenvalue weighted by Crippen LogP contribution is 2.39. The lowest BCUT2D eigenvalue weighted by atomic mass is 9.94. The first-order valence-electron chi connectivity index (χ1n) is 12.4. The molecule has 200 valence electrons. The molecule has 2 heterocycles. The van der Waals surface area contributed by atoms with Crippen molar-refractivity contribution in [3.05, 3.63) is 105 Å². The fourth-order valence-corrected chi connectivity index (χ4v) is 4.79. The van der Waals surface area contributed by atoms with Gasteiger partial charge in [0, 0.05) is 11.4 Å². The number of hydrogen-bond donors (Lipinski definition) is 2. The number of anilines is 2. The number of aryl methyl sites for hydroxylation is 1. The molecule has 0 radical (unpaired) electrons. The molecule has 0 fully saturated rings. The zero-order valence-corrected chi connectivity index (χ0v) is 23.2. The fraction of sp³-hybridized carbons (Fsp3) is 0.207. The van der Waals surface area contributed by atoms with E-state index in [2.05, 4.69) is 20.7 Å². The second-order valence-corrected chi connectivity index (χ2v) is 9.85. The summed E-state index contributed by atoms with van der Waals surface area (Å²) in [4.78, 5) is 18.0. The Morgan fingerprint density at radius 2 is 1.85 bits per heavy atom. The number of carbonyl (C=O) groups is 1. The standard InChI is InChI=1S/C29H27Cl2N5O3/c1-4-38-25-14-20(10-12-24(25)39-15-19-9-11-21(30)22(31)13-19)27-26(18(3)34-29-32-16-33-36(27)29)28(37)35-23-8-6-5-7-17(23)2/h5-14,16,27H,4,15H2,1-3H3,(H,35,37)(H,32,33,34). The van der Waals surface area contributed by atoms with Crippen LogP contribution >= 0.6 is 23.2 Å². The molecule has 3 aromatic carbocycles. The molecule has 5 rings (SSSR count). The Morgan fingerprint density at radius 1 is 1.03 bits per heavy atom. The lowest BCUT2D eigenvalue weighted by molar-refractivity contribution is -0.113. The van der Waals surface area contributed by atoms with Gasteiger partial charge in [0.2, 0.25) is 5.95 Å². The quantitative estimate of drug-likeness (QED) is 0.245. The maximum absolute atomic E-state index is 13.7. The summed E-state index contributed by atoms with van der Waals surface area (Å²) in [6.07, 6.45) is 1.46. The van der Waals surface area contributed by atoms with Gasteiger partial charge in [-0.2, -0.15) is 10.1 Å². The van der Waals surface area contributed by atoms with Crippen molar-refractivity contribution < 1.29 is 14.3 Å². The molecule has 8 nitrogen and oxygen atoms in total. The lowest BCUT2D eigenvalue weighted by Crippen LogP contribution is -2.31. The SMILES string of the molecule is CCOc1cc(C2C(C(=O)Nc3ccccc3C)=C(C)Nc3ncnn32)ccc1OCc1ccc(Cl)c(Cl)c1. The topological polar surface area (TPSA) is 90.3 Å². The van der Waals surface area contributed by atoms with Crippen LogP contribution in [0.4, 0.5) is 11.6 Å². The molecule has 4 aromatic rings. The second kappa shape index (κ2) is 11.4. The molecule has 0 saturated carbocycles. The number of benzene rings is 3. The lowest BCUT2D eigenvalue weighted by Gasteiger charge is -2.29. The number of nitrogens with one attached hydrogen (secondary N) is 2. The number of halogens is 2. The van der Waals surface area contributed by atoms with E-state index in [1.165, 1.54) is 6.33 Å². The van der Waals surface area contributed by atoms with E-state index in [1.54, 1.807) is 16.8 Å². The summed E-state index contributed by atoms with van der Waals surface area (Å²) in [5.41, 5.74) is 4.57. The zero-order valence-electron chi connectivity index (χ0n) is 21.7. The van der Waals surface area contributed by atoms with Crippen LogP contribution in [0.5, 0.6) is 11.5 Å². The molecule has 0 saturated heterocycles. The fourth-order valence-electron chi connectivity index (χ4n) is 4.47. The van der Waals surface area contributed by atoms with Gasteiger partial charge in [-0.3, -0.25) is 4.79 Å². The van der Waals surface area contributed by atoms with Gasteiger partial charge in [-0.15, -0.1) is 0 Å². The van der Waals surface area contributed by atoms with Gasteiger partial charge in [0.05, 0.1) is 22.2 Å². The number of para-hydroxylation sites is 1. The molecular weight excluding hydrogens is 537 g/mol. The molecule has 10 heteroatoms. The average molecular weight is 564 g/mol. The number of carbonyl (C=O) groups excluding carboxylic acids is 1. The minimum absolute atomic E-state index is 0.238. The van der Waals surface area contributed by atoms with E-state index in [0.717, 1.165) is 22.4 Å². The van der Waals surface area contributed by atoms with Crippen LogP contribution in [0.3, 0.4) is 0 Å². The molecule has 1 aliphatic heterocycles. The molecule has 1 aromatic heterocycles. The number of ether oxygens (including phenoxy) is 2. The Kier molecular flexibility index (Phi) is 7.77. The van der Waals surface area contributed by atoms with Crippen LogP contribution in [-0.2, 0) is 11.4 Å². The molecule has 2 N–H and O–H groups in total. The van der Waals surface area contributed by atoms with Crippen LogP contribution in [0.25, 0.3) is 0 Å². The Bertz CT molecular complexity index is 1570. The first-order valence-corrected chi connectivity index (χ1v) is 13.2. The van der Waals surface area contributed by atoms with E-state index in [1.807, 2.05) is 69.3 Å². The smallest absolute Gasteiger partial charge is 0.255 e. The van der Waals surface area contributed by atoms with Crippen LogP contribution in [0.1, 0.15) is 36.6 Å². The van der Waals surface area contributed by atoms with E-state index in [9.17, 15) is 4.79 Å². The third kappa shape index (κ3) is 5.57. The van der Waals surface area contributed by atoms with E-state index in [4.69, 9.17) is 32.7 Å². The second-order valence-electron chi connectivity index (χ2n) is 9.04. The monoisotopic (exact) mass is 563 g/mol. The average Bonchev–Trinajstić information content (AvgIpc) is 3.38. The summed E-state index contributed by atoms with van der Waals surface area (Å²) in [5.74, 6) is 1.42. The molecule has 1 aliphatic rings. The molecule has 1 unspecified atom stereocenters. The third-order valence-electron chi connectivity index (χ3n) is 6.39. The van der Waals surface area contributed by atoms with Crippen molar-refractivity contribution in [2.75, 3.05) is 17.2 Å². The summed E-state index contributed by atoms with van der Waals surface area (Å²) in [6.45, 7) is 6.42. The normalized spacial score (nSPS) is 14.4. The van der Waals surface area contributed by atoms with Gasteiger partial charge in [-0.25, -0.2) is 4.68 Å². The molecule has 0 aliphatic carbocycles. The number of fused-ring (bicyclic) bond motifs is 1. The van der Waals surface area contributed by atoms with Crippen molar-refractivity contribution in [3.63, 3.8) is 0 Å². The van der Waals surface area contributed by atoms with Gasteiger partial charge in [-0.1, -0.05) is 53.5 Å². The van der Waals surface area contributed by atoms with E-state index in [-0.39, 0.29) is 12.5 Å². The molecule has 1 atom stereocenters. The minimum atomic E-state index is -0.545. The number of rotatable bonds is 8. The van der Waals surface area contributed by atoms with Crippen LogP contribution < -0.4 is 20.1 Å². The number of nitrogens with zero attached hydrogens (tertiary/aromatic N) is 3. The van der Waals surface area contributed by atoms with Crippen LogP contribution in [-0.4, -0.2) is 27.3 Å². The summed E-state index contributed by atoms with van der Waals surface area (Å²) in [6, 6.07) is 18.1. The Labute approximate surface area is 236 Å². The maximum Gasteiger partial charge on any atom is 0.255 e. The van der Waals surface area contributed by atoms with Gasteiger partial charge in [0.25, 0.3) is 5.91 Å². The first-order chi connectivity index (χ1) is 18.9. The van der Waals surface area contributed by atoms with Crippen molar-refractivity contribution in [2.24, 2.45) is 0 Å². The van der Waals surface area contributed by atoms with E-state index < -0.39 is 6.04 Å². The summed E-state index contributed by atoms with van der Waals surface area (Å²) >= 11 is 12.2. The predicted octanol–water partition coefficient (Wildman–Crippen LogP) is 6.80. The van der Waals surface area contributed by atoms with Gasteiger partial charge < -0.3 is 20.1 Å². The van der Waals surface area contributed by atoms with E-state index >= 15 is 0 Å². The minimum Gasteiger partial charge on any atom is -0.490 e. The Morgan fingerprint density at radius 3 is 2.62 bits per heavy atom. The first kappa shape index (κ1) is 26.6. The van der Waals surface area contributed by atoms with Crippen LogP contribution in [0.15, 0.2) is 78.3 Å². The predicted molar refractivity (Wildman–Crippen MR) is 153 cm³/mol. The summed E-state index contributed by atoms with van der Waals surface area (Å²) in [5, 5.41) is 11.6. The van der Waals surface area contributed by atoms with Crippen molar-refractivity contribution >= 4 is 40.7 Å². The molecule has 0 bridgehead atoms. The molecule has 39 heavy (non-hydrogen) atoms. The van der Waals surface area contributed by atoms with Crippen molar-refractivity contribution in [2.45, 2.75) is 33.4 Å². The highest BCUT2D eigenvalue weighted by atomic mass is 35.5. The van der Waals surface area contributed by atoms with E-state index in [0.29, 0.717) is 45.4 Å². The van der Waals surface area contributed by atoms with Crippen LogP contribution in [0, 0.1) is 6.92 Å². The van der Waals surface area contributed by atoms with Crippen LogP contribution in [0.2, 0.25) is 10.0 Å². The highest BCUT2D eigenvalue weighted by Gasteiger charge is 2.34. The summed E-state index contributed by atoms with van der Waals surface area (Å²) < 4.78 is 13.7. The van der Waals surface area contributed by atoms with Gasteiger partial charge in [-0.05, 0) is 67.8 Å². The van der Waals surface area contributed by atoms with Crippen molar-refractivity contribution in [1.29, 1.82) is 0 Å². The van der Waals surface area contributed by atoms with Crippen molar-refractivity contribution in [1.82, 2.24) is 14.8 Å². The molecule has 0 spiro atoms.